The van der Waals surface area contributed by atoms with Crippen molar-refractivity contribution in [2.75, 3.05) is 5.73 Å². The summed E-state index contributed by atoms with van der Waals surface area (Å²) in [7, 11) is 0. The third-order valence-corrected chi connectivity index (χ3v) is 5.00. The van der Waals surface area contributed by atoms with Gasteiger partial charge in [-0.3, -0.25) is 0 Å². The fourth-order valence-corrected chi connectivity index (χ4v) is 3.48. The molecule has 1 fully saturated rings. The Morgan fingerprint density at radius 2 is 2.05 bits per heavy atom. The monoisotopic (exact) mass is 285 g/mol. The van der Waals surface area contributed by atoms with Crippen molar-refractivity contribution in [1.82, 2.24) is 20.2 Å². The highest BCUT2D eigenvalue weighted by atomic mass is 15.6. The minimum atomic E-state index is 0.359. The number of hydrogen-bond acceptors (Lipinski definition) is 4. The van der Waals surface area contributed by atoms with Gasteiger partial charge in [0.1, 0.15) is 0 Å². The van der Waals surface area contributed by atoms with Gasteiger partial charge in [0.25, 0.3) is 0 Å². The first-order valence-corrected chi connectivity index (χ1v) is 7.73. The zero-order chi connectivity index (χ0) is 15.0. The van der Waals surface area contributed by atoms with E-state index in [1.807, 2.05) is 16.8 Å². The van der Waals surface area contributed by atoms with E-state index in [4.69, 9.17) is 5.73 Å². The van der Waals surface area contributed by atoms with Crippen LogP contribution < -0.4 is 5.73 Å². The summed E-state index contributed by atoms with van der Waals surface area (Å²) in [6.45, 7) is 6.68. The summed E-state index contributed by atoms with van der Waals surface area (Å²) in [5, 5.41) is 12.5. The highest BCUT2D eigenvalue weighted by molar-refractivity contribution is 5.74. The Balaban J connectivity index is 2.05. The molecule has 3 atom stereocenters. The standard InChI is InChI=1S/C16H23N5/c1-10-6-5-9-14(12(10)3)21-16(18-19-20-21)15-11(2)7-4-8-13(15)17/h4,7-8,10,12,14H,5-6,9,17H2,1-3H3. The maximum atomic E-state index is 6.16. The van der Waals surface area contributed by atoms with Crippen molar-refractivity contribution >= 4 is 5.69 Å². The van der Waals surface area contributed by atoms with Crippen LogP contribution in [0.1, 0.15) is 44.7 Å². The molecule has 0 aliphatic heterocycles. The van der Waals surface area contributed by atoms with Gasteiger partial charge in [-0.05, 0) is 47.2 Å². The Morgan fingerprint density at radius 1 is 1.24 bits per heavy atom. The molecule has 112 valence electrons. The van der Waals surface area contributed by atoms with Crippen LogP contribution in [0.15, 0.2) is 18.2 Å². The molecular weight excluding hydrogens is 262 g/mol. The van der Waals surface area contributed by atoms with Crippen molar-refractivity contribution < 1.29 is 0 Å². The van der Waals surface area contributed by atoms with Crippen LogP contribution in [0, 0.1) is 18.8 Å². The van der Waals surface area contributed by atoms with Crippen LogP contribution in [0.4, 0.5) is 5.69 Å². The summed E-state index contributed by atoms with van der Waals surface area (Å²) < 4.78 is 2.00. The molecule has 1 aromatic carbocycles. The van der Waals surface area contributed by atoms with Gasteiger partial charge in [-0.2, -0.15) is 0 Å². The van der Waals surface area contributed by atoms with Gasteiger partial charge in [-0.15, -0.1) is 5.10 Å². The Labute approximate surface area is 125 Å². The lowest BCUT2D eigenvalue weighted by molar-refractivity contribution is 0.174. The van der Waals surface area contributed by atoms with Gasteiger partial charge in [-0.25, -0.2) is 4.68 Å². The molecule has 1 aromatic heterocycles. The van der Waals surface area contributed by atoms with Crippen molar-refractivity contribution in [3.63, 3.8) is 0 Å². The van der Waals surface area contributed by atoms with Crippen LogP contribution in [0.2, 0.25) is 0 Å². The van der Waals surface area contributed by atoms with E-state index >= 15 is 0 Å². The van der Waals surface area contributed by atoms with Crippen molar-refractivity contribution in [1.29, 1.82) is 0 Å². The zero-order valence-electron chi connectivity index (χ0n) is 13.0. The summed E-state index contributed by atoms with van der Waals surface area (Å²) >= 11 is 0. The van der Waals surface area contributed by atoms with Crippen LogP contribution in [0.3, 0.4) is 0 Å². The molecule has 21 heavy (non-hydrogen) atoms. The number of nitrogens with two attached hydrogens (primary N) is 1. The molecule has 2 N–H and O–H groups in total. The van der Waals surface area contributed by atoms with Crippen LogP contribution in [-0.4, -0.2) is 20.2 Å². The Hall–Kier alpha value is -1.91. The molecule has 5 nitrogen and oxygen atoms in total. The average molecular weight is 285 g/mol. The summed E-state index contributed by atoms with van der Waals surface area (Å²) in [5.41, 5.74) is 8.98. The van der Waals surface area contributed by atoms with Gasteiger partial charge in [-0.1, -0.05) is 38.8 Å². The molecular formula is C16H23N5. The first kappa shape index (κ1) is 14.0. The normalized spacial score (nSPS) is 26.0. The summed E-state index contributed by atoms with van der Waals surface area (Å²) in [4.78, 5) is 0. The second-order valence-electron chi connectivity index (χ2n) is 6.32. The largest absolute Gasteiger partial charge is 0.398 e. The molecule has 0 amide bonds. The van der Waals surface area contributed by atoms with E-state index in [1.54, 1.807) is 0 Å². The van der Waals surface area contributed by atoms with E-state index in [0.717, 1.165) is 29.1 Å². The Kier molecular flexibility index (Phi) is 3.66. The number of hydrogen-bond donors (Lipinski definition) is 1. The number of nitrogen functional groups attached to an aromatic ring is 1. The number of rotatable bonds is 2. The van der Waals surface area contributed by atoms with E-state index in [9.17, 15) is 0 Å². The second kappa shape index (κ2) is 5.47. The molecule has 1 aliphatic rings. The molecule has 2 aromatic rings. The van der Waals surface area contributed by atoms with E-state index in [-0.39, 0.29) is 0 Å². The third-order valence-electron chi connectivity index (χ3n) is 5.00. The van der Waals surface area contributed by atoms with Gasteiger partial charge < -0.3 is 5.73 Å². The molecule has 0 saturated heterocycles. The number of tetrazole rings is 1. The quantitative estimate of drug-likeness (QED) is 0.860. The molecule has 1 aliphatic carbocycles. The molecule has 3 rings (SSSR count). The highest BCUT2D eigenvalue weighted by Crippen LogP contribution is 2.39. The van der Waals surface area contributed by atoms with E-state index in [2.05, 4.69) is 42.4 Å². The van der Waals surface area contributed by atoms with Crippen LogP contribution in [0.5, 0.6) is 0 Å². The molecule has 1 saturated carbocycles. The second-order valence-corrected chi connectivity index (χ2v) is 6.32. The number of anilines is 1. The minimum absolute atomic E-state index is 0.359. The van der Waals surface area contributed by atoms with E-state index in [1.165, 1.54) is 12.8 Å². The molecule has 0 radical (unpaired) electrons. The smallest absolute Gasteiger partial charge is 0.184 e. The number of aromatic nitrogens is 4. The lowest BCUT2D eigenvalue weighted by Crippen LogP contribution is -2.28. The SMILES string of the molecule is Cc1cccc(N)c1-c1nnnn1C1CCCC(C)C1C. The Bertz CT molecular complexity index is 613. The molecule has 1 heterocycles. The van der Waals surface area contributed by atoms with Gasteiger partial charge in [0, 0.05) is 11.3 Å². The van der Waals surface area contributed by atoms with Crippen molar-refractivity contribution in [3.8, 4) is 11.4 Å². The van der Waals surface area contributed by atoms with Crippen LogP contribution in [0.25, 0.3) is 11.4 Å². The molecule has 0 bridgehead atoms. The number of benzene rings is 1. The zero-order valence-corrected chi connectivity index (χ0v) is 13.0. The van der Waals surface area contributed by atoms with Gasteiger partial charge >= 0.3 is 0 Å². The van der Waals surface area contributed by atoms with Crippen molar-refractivity contribution in [3.05, 3.63) is 23.8 Å². The lowest BCUT2D eigenvalue weighted by Gasteiger charge is -2.34. The van der Waals surface area contributed by atoms with Gasteiger partial charge in [0.05, 0.1) is 6.04 Å². The van der Waals surface area contributed by atoms with Crippen molar-refractivity contribution in [2.45, 2.75) is 46.1 Å². The summed E-state index contributed by atoms with van der Waals surface area (Å²) in [6, 6.07) is 6.29. The maximum absolute atomic E-state index is 6.16. The van der Waals surface area contributed by atoms with Crippen molar-refractivity contribution in [2.24, 2.45) is 11.8 Å². The fraction of sp³-hybridized carbons (Fsp3) is 0.562. The van der Waals surface area contributed by atoms with E-state index in [0.29, 0.717) is 17.9 Å². The predicted octanol–water partition coefficient (Wildman–Crippen LogP) is 3.23. The fourth-order valence-electron chi connectivity index (χ4n) is 3.48. The summed E-state index contributed by atoms with van der Waals surface area (Å²) in [6.07, 6.45) is 3.66. The number of aryl methyl sites for hydroxylation is 1. The minimum Gasteiger partial charge on any atom is -0.398 e. The molecule has 3 unspecified atom stereocenters. The van der Waals surface area contributed by atoms with Gasteiger partial charge in [0.15, 0.2) is 5.82 Å². The topological polar surface area (TPSA) is 69.6 Å². The van der Waals surface area contributed by atoms with E-state index < -0.39 is 0 Å². The third kappa shape index (κ3) is 2.41. The predicted molar refractivity (Wildman–Crippen MR) is 83.6 cm³/mol. The molecule has 5 heteroatoms. The number of nitrogens with zero attached hydrogens (tertiary/aromatic N) is 4. The first-order chi connectivity index (χ1) is 10.1. The van der Waals surface area contributed by atoms with Crippen LogP contribution in [-0.2, 0) is 0 Å². The summed E-state index contributed by atoms with van der Waals surface area (Å²) in [5.74, 6) is 2.08. The lowest BCUT2D eigenvalue weighted by atomic mass is 9.78. The molecule has 0 spiro atoms. The average Bonchev–Trinajstić information content (AvgIpc) is 2.91. The Morgan fingerprint density at radius 3 is 2.81 bits per heavy atom. The first-order valence-electron chi connectivity index (χ1n) is 7.73. The van der Waals surface area contributed by atoms with Crippen LogP contribution >= 0.6 is 0 Å². The highest BCUT2D eigenvalue weighted by Gasteiger charge is 2.31. The van der Waals surface area contributed by atoms with Gasteiger partial charge in [0.2, 0.25) is 0 Å². The maximum Gasteiger partial charge on any atom is 0.184 e.